The van der Waals surface area contributed by atoms with Gasteiger partial charge in [0.25, 0.3) is 5.91 Å². The first-order valence-corrected chi connectivity index (χ1v) is 6.30. The molecule has 2 heterocycles. The van der Waals surface area contributed by atoms with Crippen LogP contribution in [0.4, 0.5) is 5.69 Å². The van der Waals surface area contributed by atoms with Gasteiger partial charge < -0.3 is 10.6 Å². The Balaban J connectivity index is 1.70. The van der Waals surface area contributed by atoms with E-state index in [4.69, 9.17) is 0 Å². The van der Waals surface area contributed by atoms with E-state index in [1.807, 2.05) is 6.07 Å². The molecule has 0 bridgehead atoms. The maximum absolute atomic E-state index is 11.9. The number of aromatic nitrogens is 2. The zero-order valence-corrected chi connectivity index (χ0v) is 11.0. The number of fused-ring (bicyclic) bond motifs is 1. The Kier molecular flexibility index (Phi) is 2.98. The van der Waals surface area contributed by atoms with Crippen LogP contribution in [0, 0.1) is 0 Å². The average molecular weight is 270 g/mol. The van der Waals surface area contributed by atoms with Crippen molar-refractivity contribution < 1.29 is 9.59 Å². The lowest BCUT2D eigenvalue weighted by atomic mass is 10.1. The van der Waals surface area contributed by atoms with Gasteiger partial charge in [0, 0.05) is 31.0 Å². The molecule has 0 saturated heterocycles. The van der Waals surface area contributed by atoms with Gasteiger partial charge in [0.05, 0.1) is 12.6 Å². The molecular weight excluding hydrogens is 256 g/mol. The zero-order chi connectivity index (χ0) is 14.1. The van der Waals surface area contributed by atoms with Gasteiger partial charge in [-0.2, -0.15) is 5.10 Å². The van der Waals surface area contributed by atoms with Crippen molar-refractivity contribution in [2.24, 2.45) is 7.05 Å². The molecule has 1 aliphatic heterocycles. The number of rotatable bonds is 3. The summed E-state index contributed by atoms with van der Waals surface area (Å²) in [5, 5.41) is 9.56. The van der Waals surface area contributed by atoms with E-state index in [2.05, 4.69) is 15.7 Å². The number of anilines is 1. The van der Waals surface area contributed by atoms with Crippen LogP contribution in [0.5, 0.6) is 0 Å². The summed E-state index contributed by atoms with van der Waals surface area (Å²) in [5.74, 6) is -0.222. The molecule has 0 fully saturated rings. The van der Waals surface area contributed by atoms with E-state index in [0.29, 0.717) is 17.8 Å². The quantitative estimate of drug-likeness (QED) is 0.868. The van der Waals surface area contributed by atoms with Gasteiger partial charge in [0.1, 0.15) is 0 Å². The van der Waals surface area contributed by atoms with Crippen LogP contribution in [-0.2, 0) is 24.8 Å². The van der Waals surface area contributed by atoms with Crippen molar-refractivity contribution in [3.63, 3.8) is 0 Å². The molecule has 2 N–H and O–H groups in total. The molecule has 1 aromatic heterocycles. The Bertz CT molecular complexity index is 690. The minimum Gasteiger partial charge on any atom is -0.348 e. The van der Waals surface area contributed by atoms with Crippen molar-refractivity contribution in [2.45, 2.75) is 13.0 Å². The maximum Gasteiger partial charge on any atom is 0.251 e. The monoisotopic (exact) mass is 270 g/mol. The van der Waals surface area contributed by atoms with Crippen molar-refractivity contribution in [1.29, 1.82) is 0 Å². The van der Waals surface area contributed by atoms with Crippen molar-refractivity contribution >= 4 is 17.5 Å². The molecule has 3 rings (SSSR count). The van der Waals surface area contributed by atoms with Gasteiger partial charge in [-0.1, -0.05) is 6.07 Å². The van der Waals surface area contributed by atoms with E-state index in [-0.39, 0.29) is 18.2 Å². The van der Waals surface area contributed by atoms with Crippen LogP contribution >= 0.6 is 0 Å². The van der Waals surface area contributed by atoms with Gasteiger partial charge in [0.15, 0.2) is 0 Å². The highest BCUT2D eigenvalue weighted by molar-refractivity contribution is 6.00. The molecule has 0 unspecified atom stereocenters. The summed E-state index contributed by atoms with van der Waals surface area (Å²) in [4.78, 5) is 23.5. The van der Waals surface area contributed by atoms with Crippen LogP contribution in [0.25, 0.3) is 0 Å². The van der Waals surface area contributed by atoms with Gasteiger partial charge in [-0.15, -0.1) is 0 Å². The first-order valence-electron chi connectivity index (χ1n) is 6.30. The molecule has 0 radical (unpaired) electrons. The molecule has 2 aromatic rings. The van der Waals surface area contributed by atoms with Crippen molar-refractivity contribution in [1.82, 2.24) is 15.1 Å². The van der Waals surface area contributed by atoms with Crippen LogP contribution in [0.3, 0.4) is 0 Å². The van der Waals surface area contributed by atoms with E-state index in [1.165, 1.54) is 0 Å². The third-order valence-corrected chi connectivity index (χ3v) is 3.20. The number of nitrogens with one attached hydrogen (secondary N) is 2. The summed E-state index contributed by atoms with van der Waals surface area (Å²) in [6, 6.07) is 5.37. The van der Waals surface area contributed by atoms with Crippen molar-refractivity contribution in [3.8, 4) is 0 Å². The lowest BCUT2D eigenvalue weighted by molar-refractivity contribution is -0.115. The molecule has 1 aromatic carbocycles. The highest BCUT2D eigenvalue weighted by atomic mass is 16.2. The largest absolute Gasteiger partial charge is 0.348 e. The number of carbonyl (C=O) groups is 2. The van der Waals surface area contributed by atoms with Crippen LogP contribution in [0.15, 0.2) is 30.6 Å². The van der Waals surface area contributed by atoms with E-state index in [9.17, 15) is 9.59 Å². The highest BCUT2D eigenvalue weighted by Gasteiger charge is 2.19. The lowest BCUT2D eigenvalue weighted by Gasteiger charge is -2.05. The summed E-state index contributed by atoms with van der Waals surface area (Å²) >= 11 is 0. The summed E-state index contributed by atoms with van der Waals surface area (Å²) in [6.07, 6.45) is 3.72. The van der Waals surface area contributed by atoms with Crippen LogP contribution < -0.4 is 10.6 Å². The Morgan fingerprint density at radius 2 is 2.35 bits per heavy atom. The van der Waals surface area contributed by atoms with Gasteiger partial charge in [-0.25, -0.2) is 0 Å². The number of benzene rings is 1. The van der Waals surface area contributed by atoms with Crippen molar-refractivity contribution in [2.75, 3.05) is 5.32 Å². The number of aryl methyl sites for hydroxylation is 1. The SMILES string of the molecule is Cn1cc(CC(=O)Nc2ccc3c(c2)C(=O)NC3)cn1. The fourth-order valence-corrected chi connectivity index (χ4v) is 2.24. The number of hydrogen-bond acceptors (Lipinski definition) is 3. The zero-order valence-electron chi connectivity index (χ0n) is 11.0. The molecular formula is C14H14N4O2. The second-order valence-corrected chi connectivity index (χ2v) is 4.80. The third kappa shape index (κ3) is 2.40. The summed E-state index contributed by atoms with van der Waals surface area (Å²) < 4.78 is 1.66. The molecule has 20 heavy (non-hydrogen) atoms. The van der Waals surface area contributed by atoms with Gasteiger partial charge in [-0.05, 0) is 23.3 Å². The van der Waals surface area contributed by atoms with Gasteiger partial charge >= 0.3 is 0 Å². The van der Waals surface area contributed by atoms with Crippen LogP contribution in [0.1, 0.15) is 21.5 Å². The number of carbonyl (C=O) groups excluding carboxylic acids is 2. The highest BCUT2D eigenvalue weighted by Crippen LogP contribution is 2.20. The Morgan fingerprint density at radius 3 is 3.10 bits per heavy atom. The normalized spacial score (nSPS) is 12.9. The molecule has 2 amide bonds. The first kappa shape index (κ1) is 12.4. The molecule has 6 heteroatoms. The Morgan fingerprint density at radius 1 is 1.50 bits per heavy atom. The van der Waals surface area contributed by atoms with E-state index in [1.54, 1.807) is 36.3 Å². The van der Waals surface area contributed by atoms with Gasteiger partial charge in [-0.3, -0.25) is 14.3 Å². The smallest absolute Gasteiger partial charge is 0.251 e. The summed E-state index contributed by atoms with van der Waals surface area (Å²) in [5.41, 5.74) is 3.07. The molecule has 0 spiro atoms. The Hall–Kier alpha value is -2.63. The van der Waals surface area contributed by atoms with E-state index in [0.717, 1.165) is 11.1 Å². The van der Waals surface area contributed by atoms with Crippen molar-refractivity contribution in [3.05, 3.63) is 47.3 Å². The number of hydrogen-bond donors (Lipinski definition) is 2. The molecule has 1 aliphatic rings. The number of amides is 2. The molecule has 102 valence electrons. The van der Waals surface area contributed by atoms with Crippen LogP contribution in [0.2, 0.25) is 0 Å². The second kappa shape index (κ2) is 4.80. The fourth-order valence-electron chi connectivity index (χ4n) is 2.24. The summed E-state index contributed by atoms with van der Waals surface area (Å²) in [7, 11) is 1.81. The molecule has 0 atom stereocenters. The maximum atomic E-state index is 11.9. The third-order valence-electron chi connectivity index (χ3n) is 3.20. The molecule has 0 saturated carbocycles. The fraction of sp³-hybridized carbons (Fsp3) is 0.214. The summed E-state index contributed by atoms with van der Waals surface area (Å²) in [6.45, 7) is 0.554. The molecule has 6 nitrogen and oxygen atoms in total. The second-order valence-electron chi connectivity index (χ2n) is 4.80. The topological polar surface area (TPSA) is 76.0 Å². The predicted octanol–water partition coefficient (Wildman–Crippen LogP) is 0.845. The van der Waals surface area contributed by atoms with E-state index < -0.39 is 0 Å². The first-order chi connectivity index (χ1) is 9.61. The minimum atomic E-state index is -0.128. The predicted molar refractivity (Wildman–Crippen MR) is 73.2 cm³/mol. The van der Waals surface area contributed by atoms with E-state index >= 15 is 0 Å². The average Bonchev–Trinajstić information content (AvgIpc) is 2.97. The van der Waals surface area contributed by atoms with Crippen LogP contribution in [-0.4, -0.2) is 21.6 Å². The lowest BCUT2D eigenvalue weighted by Crippen LogP contribution is -2.15. The number of nitrogens with zero attached hydrogens (tertiary/aromatic N) is 2. The molecule has 0 aliphatic carbocycles. The standard InChI is InChI=1S/C14H14N4O2/c1-18-8-9(6-16-18)4-13(19)17-11-3-2-10-7-15-14(20)12(10)5-11/h2-3,5-6,8H,4,7H2,1H3,(H,15,20)(H,17,19). The van der Waals surface area contributed by atoms with Gasteiger partial charge in [0.2, 0.25) is 5.91 Å². The Labute approximate surface area is 115 Å². The minimum absolute atomic E-state index is 0.0941.